The lowest BCUT2D eigenvalue weighted by Crippen LogP contribution is -2.52. The number of nitrogens with zero attached hydrogens (tertiary/aromatic N) is 7. The second-order valence-corrected chi connectivity index (χ2v) is 14.5. The highest BCUT2D eigenvalue weighted by molar-refractivity contribution is 7.23. The van der Waals surface area contributed by atoms with E-state index in [4.69, 9.17) is 15.5 Å². The monoisotopic (exact) mass is 659 g/mol. The maximum atomic E-state index is 17.4. The van der Waals surface area contributed by atoms with E-state index in [1.165, 1.54) is 6.07 Å². The van der Waals surface area contributed by atoms with Crippen LogP contribution in [-0.2, 0) is 7.05 Å². The van der Waals surface area contributed by atoms with E-state index in [0.29, 0.717) is 34.3 Å². The van der Waals surface area contributed by atoms with Crippen molar-refractivity contribution in [2.24, 2.45) is 7.05 Å². The van der Waals surface area contributed by atoms with Gasteiger partial charge in [0.2, 0.25) is 0 Å². The zero-order valence-electron chi connectivity index (χ0n) is 25.7. The number of nitrogens with two attached hydrogens (primary N) is 1. The fraction of sp³-hybridized carbons (Fsp3) is 0.455. The van der Waals surface area contributed by atoms with Gasteiger partial charge in [-0.1, -0.05) is 0 Å². The number of hydrogen-bond donors (Lipinski definition) is 2. The van der Waals surface area contributed by atoms with Crippen LogP contribution in [0, 0.1) is 23.0 Å². The maximum Gasteiger partial charge on any atom is 0.319 e. The predicted molar refractivity (Wildman–Crippen MR) is 174 cm³/mol. The molecule has 5 aromatic rings. The molecule has 14 heteroatoms. The lowest BCUT2D eigenvalue weighted by molar-refractivity contribution is 0.107. The number of aromatic nitrogens is 4. The Morgan fingerprint density at radius 1 is 1.15 bits per heavy atom. The Hall–Kier alpha value is -4.19. The Bertz CT molecular complexity index is 2140. The molecule has 4 saturated heterocycles. The highest BCUT2D eigenvalue weighted by Crippen LogP contribution is 2.48. The highest BCUT2D eigenvalue weighted by atomic mass is 32.1. The minimum Gasteiger partial charge on any atom is -0.461 e. The number of anilines is 2. The number of rotatable bonds is 5. The largest absolute Gasteiger partial charge is 0.461 e. The van der Waals surface area contributed by atoms with Crippen LogP contribution < -0.4 is 20.7 Å². The zero-order valence-corrected chi connectivity index (χ0v) is 26.5. The molecule has 4 atom stereocenters. The molecule has 0 unspecified atom stereocenters. The van der Waals surface area contributed by atoms with Crippen LogP contribution in [0.2, 0.25) is 0 Å². The third-order valence-electron chi connectivity index (χ3n) is 10.7. The Balaban J connectivity index is 1.31. The molecule has 4 aliphatic rings. The number of nitrogens with one attached hydrogen (secondary N) is 1. The van der Waals surface area contributed by atoms with Crippen molar-refractivity contribution in [2.45, 2.75) is 55.9 Å². The van der Waals surface area contributed by atoms with Crippen LogP contribution >= 0.6 is 11.3 Å². The summed E-state index contributed by atoms with van der Waals surface area (Å²) in [6.07, 6.45) is 4.89. The number of alkyl halides is 1. The Kier molecular flexibility index (Phi) is 6.42. The SMILES string of the molecule is Cn1cc2c(n1)c(-c1c(F)ccc3sc(N)c(C#N)c13)c(F)c1nc(OC[C@@]34CCCN3C[C@H](F)C4)nc(N3[C@@H]4CC[C@H]3CNC4)c12. The van der Waals surface area contributed by atoms with E-state index in [1.54, 1.807) is 24.0 Å². The highest BCUT2D eigenvalue weighted by Gasteiger charge is 2.49. The smallest absolute Gasteiger partial charge is 0.319 e. The topological polar surface area (TPSA) is 121 Å². The molecule has 4 fully saturated rings. The molecule has 2 bridgehead atoms. The van der Waals surface area contributed by atoms with Gasteiger partial charge in [0.1, 0.15) is 46.5 Å². The number of aryl methyl sites for hydroxylation is 1. The molecule has 0 saturated carbocycles. The summed E-state index contributed by atoms with van der Waals surface area (Å²) in [7, 11) is 1.73. The van der Waals surface area contributed by atoms with Crippen LogP contribution in [0.5, 0.6) is 6.01 Å². The number of thiophene rings is 1. The summed E-state index contributed by atoms with van der Waals surface area (Å²) < 4.78 is 56.5. The molecule has 47 heavy (non-hydrogen) atoms. The number of benzene rings is 2. The van der Waals surface area contributed by atoms with E-state index >= 15 is 8.78 Å². The summed E-state index contributed by atoms with van der Waals surface area (Å²) in [6.45, 7) is 2.89. The lowest BCUT2D eigenvalue weighted by atomic mass is 9.94. The molecule has 9 rings (SSSR count). The van der Waals surface area contributed by atoms with Gasteiger partial charge in [-0.15, -0.1) is 11.3 Å². The molecule has 3 aromatic heterocycles. The van der Waals surface area contributed by atoms with Crippen LogP contribution in [0.1, 0.15) is 37.7 Å². The van der Waals surface area contributed by atoms with Crippen LogP contribution in [0.15, 0.2) is 18.3 Å². The molecule has 0 aliphatic carbocycles. The van der Waals surface area contributed by atoms with Gasteiger partial charge in [0.05, 0.1) is 22.1 Å². The van der Waals surface area contributed by atoms with Crippen LogP contribution in [-0.4, -0.2) is 81.2 Å². The number of hydrogen-bond acceptors (Lipinski definition) is 10. The molecule has 0 radical (unpaired) electrons. The van der Waals surface area contributed by atoms with E-state index in [1.807, 2.05) is 0 Å². The number of halogens is 3. The fourth-order valence-electron chi connectivity index (χ4n) is 8.71. The van der Waals surface area contributed by atoms with Crippen molar-refractivity contribution in [2.75, 3.05) is 43.4 Å². The molecular formula is C33H32F3N9OS. The van der Waals surface area contributed by atoms with Crippen molar-refractivity contribution in [1.29, 1.82) is 5.26 Å². The quantitative estimate of drug-likeness (QED) is 0.268. The number of piperazine rings is 1. The van der Waals surface area contributed by atoms with Gasteiger partial charge in [-0.3, -0.25) is 9.58 Å². The maximum absolute atomic E-state index is 17.4. The fourth-order valence-corrected chi connectivity index (χ4v) is 9.63. The first-order valence-electron chi connectivity index (χ1n) is 16.0. The molecule has 0 amide bonds. The number of fused-ring (bicyclic) bond motifs is 7. The Morgan fingerprint density at radius 3 is 2.74 bits per heavy atom. The van der Waals surface area contributed by atoms with Crippen LogP contribution in [0.25, 0.3) is 43.0 Å². The molecule has 4 aliphatic heterocycles. The minimum atomic E-state index is -0.927. The zero-order chi connectivity index (χ0) is 32.2. The van der Waals surface area contributed by atoms with Crippen LogP contribution in [0.4, 0.5) is 24.0 Å². The normalized spacial score (nSPS) is 25.8. The number of nitriles is 1. The van der Waals surface area contributed by atoms with Crippen molar-refractivity contribution in [3.8, 4) is 23.2 Å². The molecule has 3 N–H and O–H groups in total. The first-order chi connectivity index (χ1) is 22.8. The summed E-state index contributed by atoms with van der Waals surface area (Å²) in [5, 5.41) is 19.6. The third-order valence-corrected chi connectivity index (χ3v) is 11.7. The standard InChI is InChI=1S/C33H32F3N9OS/c1-43-14-20-24-29(27(36)26(28(20)42-43)25-21(35)5-6-22-23(25)19(10-37)30(38)47-22)40-32(41-31(24)45-17-3-4-18(45)12-39-11-17)46-15-33-7-2-8-44(33)13-16(34)9-33/h5-6,14,16-18,39H,2-4,7-9,11-13,15,38H2,1H3/t16-,17-,18+,33+/m1/s1. The number of nitrogen functional groups attached to an aromatic ring is 1. The summed E-state index contributed by atoms with van der Waals surface area (Å²) in [5.74, 6) is -0.938. The number of ether oxygens (including phenoxy) is 1. The summed E-state index contributed by atoms with van der Waals surface area (Å²) in [4.78, 5) is 14.1. The van der Waals surface area contributed by atoms with Gasteiger partial charge in [0, 0.05) is 72.4 Å². The van der Waals surface area contributed by atoms with E-state index < -0.39 is 23.3 Å². The lowest BCUT2D eigenvalue weighted by Gasteiger charge is -2.37. The van der Waals surface area contributed by atoms with Gasteiger partial charge in [0.25, 0.3) is 0 Å². The van der Waals surface area contributed by atoms with E-state index in [2.05, 4.69) is 31.3 Å². The second kappa shape index (κ2) is 10.4. The van der Waals surface area contributed by atoms with Crippen molar-refractivity contribution >= 4 is 54.0 Å². The Labute approximate surface area is 271 Å². The van der Waals surface area contributed by atoms with E-state index in [0.717, 1.165) is 56.7 Å². The van der Waals surface area contributed by atoms with E-state index in [-0.39, 0.29) is 62.8 Å². The van der Waals surface area contributed by atoms with Crippen molar-refractivity contribution in [1.82, 2.24) is 30.0 Å². The average molecular weight is 660 g/mol. The molecule has 10 nitrogen and oxygen atoms in total. The minimum absolute atomic E-state index is 0.00164. The molecule has 2 aromatic carbocycles. The van der Waals surface area contributed by atoms with Gasteiger partial charge in [-0.05, 0) is 44.4 Å². The predicted octanol–water partition coefficient (Wildman–Crippen LogP) is 5.03. The summed E-state index contributed by atoms with van der Waals surface area (Å²) in [6, 6.07) is 5.17. The van der Waals surface area contributed by atoms with Crippen molar-refractivity contribution < 1.29 is 17.9 Å². The van der Waals surface area contributed by atoms with Gasteiger partial charge in [-0.25, -0.2) is 13.2 Å². The van der Waals surface area contributed by atoms with Crippen LogP contribution in [0.3, 0.4) is 0 Å². The molecule has 7 heterocycles. The average Bonchev–Trinajstić information content (AvgIpc) is 3.83. The van der Waals surface area contributed by atoms with Crippen molar-refractivity contribution in [3.05, 3.63) is 35.5 Å². The molecule has 242 valence electrons. The summed E-state index contributed by atoms with van der Waals surface area (Å²) in [5.41, 5.74) is 5.85. The van der Waals surface area contributed by atoms with E-state index in [9.17, 15) is 9.65 Å². The third kappa shape index (κ3) is 4.19. The molecular weight excluding hydrogens is 627 g/mol. The van der Waals surface area contributed by atoms with Gasteiger partial charge in [0.15, 0.2) is 5.82 Å². The van der Waals surface area contributed by atoms with Gasteiger partial charge in [-0.2, -0.15) is 20.3 Å². The second-order valence-electron chi connectivity index (χ2n) is 13.4. The Morgan fingerprint density at radius 2 is 1.96 bits per heavy atom. The first-order valence-corrected chi connectivity index (χ1v) is 16.9. The van der Waals surface area contributed by atoms with Crippen molar-refractivity contribution in [3.63, 3.8) is 0 Å². The first kappa shape index (κ1) is 29.0. The summed E-state index contributed by atoms with van der Waals surface area (Å²) >= 11 is 1.15. The van der Waals surface area contributed by atoms with Gasteiger partial charge < -0.3 is 20.7 Å². The van der Waals surface area contributed by atoms with Gasteiger partial charge >= 0.3 is 6.01 Å². The molecule has 0 spiro atoms.